The summed E-state index contributed by atoms with van der Waals surface area (Å²) >= 11 is 0. The summed E-state index contributed by atoms with van der Waals surface area (Å²) in [7, 11) is 0. The van der Waals surface area contributed by atoms with E-state index in [2.05, 4.69) is 25.2 Å². The Morgan fingerprint density at radius 1 is 1.36 bits per heavy atom. The summed E-state index contributed by atoms with van der Waals surface area (Å²) in [5.74, 6) is 0.111. The van der Waals surface area contributed by atoms with Gasteiger partial charge in [0.05, 0.1) is 39.0 Å². The predicted octanol–water partition coefficient (Wildman–Crippen LogP) is -0.860. The Kier molecular flexibility index (Phi) is 6.12. The molecule has 2 aliphatic carbocycles. The van der Waals surface area contributed by atoms with Crippen LogP contribution in [0.2, 0.25) is 0 Å². The Hall–Kier alpha value is -0.950. The normalized spacial score (nSPS) is 41.2. The number of hydrogen-bond donors (Lipinski definition) is 3. The van der Waals surface area contributed by atoms with Crippen molar-refractivity contribution in [2.24, 2.45) is 23.2 Å². The first-order valence-corrected chi connectivity index (χ1v) is 11.3. The molecule has 0 aromatic carbocycles. The monoisotopic (exact) mass is 394 g/mol. The van der Waals surface area contributed by atoms with Crippen LogP contribution in [0.4, 0.5) is 0 Å². The molecule has 2 aliphatic heterocycles. The molecule has 0 bridgehead atoms. The standard InChI is InChI=1S/C22H36N2O4/c1-15-5-3-6-16-13-18-19(20(25)22(15,16)2)17(21(26)28-18)14-23-7-4-8-24-9-11-27-12-10-24/h6,15,17-20,23,25H,3-5,7-14H2,1-2H3/p+2/t15-,17+,18-,19-,20-,22-/m1/s1. The topological polar surface area (TPSA) is 76.8 Å². The summed E-state index contributed by atoms with van der Waals surface area (Å²) in [6.07, 6.45) is 5.82. The molecule has 0 aromatic rings. The van der Waals surface area contributed by atoms with Crippen molar-refractivity contribution in [2.45, 2.75) is 51.7 Å². The fourth-order valence-corrected chi connectivity index (χ4v) is 6.03. The maximum Gasteiger partial charge on any atom is 0.315 e. The largest absolute Gasteiger partial charge is 0.461 e. The van der Waals surface area contributed by atoms with Gasteiger partial charge in [-0.05, 0) is 18.8 Å². The Morgan fingerprint density at radius 3 is 2.93 bits per heavy atom. The number of rotatable bonds is 6. The summed E-state index contributed by atoms with van der Waals surface area (Å²) in [4.78, 5) is 14.2. The lowest BCUT2D eigenvalue weighted by Gasteiger charge is -2.51. The second-order valence-electron chi connectivity index (χ2n) is 9.58. The molecule has 0 unspecified atom stereocenters. The first kappa shape index (κ1) is 20.3. The molecule has 0 spiro atoms. The van der Waals surface area contributed by atoms with Crippen molar-refractivity contribution >= 4 is 5.97 Å². The van der Waals surface area contributed by atoms with Crippen LogP contribution >= 0.6 is 0 Å². The Morgan fingerprint density at radius 2 is 2.14 bits per heavy atom. The van der Waals surface area contributed by atoms with Gasteiger partial charge in [-0.2, -0.15) is 0 Å². The van der Waals surface area contributed by atoms with Crippen molar-refractivity contribution < 1.29 is 29.6 Å². The van der Waals surface area contributed by atoms with Crippen molar-refractivity contribution in [3.8, 4) is 0 Å². The number of nitrogens with one attached hydrogen (secondary N) is 1. The minimum atomic E-state index is -0.490. The van der Waals surface area contributed by atoms with Gasteiger partial charge >= 0.3 is 5.97 Å². The quantitative estimate of drug-likeness (QED) is 0.311. The van der Waals surface area contributed by atoms with Crippen LogP contribution in [-0.4, -0.2) is 69.2 Å². The van der Waals surface area contributed by atoms with Gasteiger partial charge in [0.2, 0.25) is 0 Å². The predicted molar refractivity (Wildman–Crippen MR) is 105 cm³/mol. The molecule has 6 nitrogen and oxygen atoms in total. The molecule has 2 saturated heterocycles. The van der Waals surface area contributed by atoms with Gasteiger partial charge in [0.15, 0.2) is 0 Å². The molecule has 6 atom stereocenters. The third kappa shape index (κ3) is 3.64. The second-order valence-corrected chi connectivity index (χ2v) is 9.58. The maximum absolute atomic E-state index is 12.6. The van der Waals surface area contributed by atoms with Crippen molar-refractivity contribution in [1.29, 1.82) is 0 Å². The SMILES string of the molecule is C[C@@H]1CCC=C2C[C@H]3OC(=O)[C@@H](C[NH2+]CCC[NH+]4CCOCC4)[C@H]3[C@@H](O)[C@@]21C. The second kappa shape index (κ2) is 8.42. The van der Waals surface area contributed by atoms with Gasteiger partial charge in [0.25, 0.3) is 0 Å². The van der Waals surface area contributed by atoms with Gasteiger partial charge in [-0.1, -0.05) is 25.5 Å². The molecule has 1 saturated carbocycles. The third-order valence-corrected chi connectivity index (χ3v) is 8.13. The number of nitrogens with two attached hydrogens (primary N) is 1. The third-order valence-electron chi connectivity index (χ3n) is 8.13. The summed E-state index contributed by atoms with van der Waals surface area (Å²) in [5.41, 5.74) is 1.11. The van der Waals surface area contributed by atoms with Gasteiger partial charge in [-0.15, -0.1) is 0 Å². The van der Waals surface area contributed by atoms with Crippen molar-refractivity contribution in [2.75, 3.05) is 45.9 Å². The molecule has 6 heteroatoms. The highest BCUT2D eigenvalue weighted by Gasteiger charge is 2.60. The van der Waals surface area contributed by atoms with Crippen LogP contribution in [0.25, 0.3) is 0 Å². The van der Waals surface area contributed by atoms with Crippen LogP contribution in [-0.2, 0) is 14.3 Å². The summed E-state index contributed by atoms with van der Waals surface area (Å²) < 4.78 is 11.2. The minimum absolute atomic E-state index is 0.0590. The van der Waals surface area contributed by atoms with Crippen molar-refractivity contribution in [1.82, 2.24) is 0 Å². The number of fused-ring (bicyclic) bond motifs is 2. The smallest absolute Gasteiger partial charge is 0.315 e. The number of ether oxygens (including phenoxy) is 2. The molecule has 28 heavy (non-hydrogen) atoms. The number of hydrogen-bond acceptors (Lipinski definition) is 4. The summed E-state index contributed by atoms with van der Waals surface area (Å²) in [6, 6.07) is 0. The molecule has 2 heterocycles. The minimum Gasteiger partial charge on any atom is -0.461 e. The van der Waals surface area contributed by atoms with Gasteiger partial charge in [-0.3, -0.25) is 4.79 Å². The molecule has 0 radical (unpaired) electrons. The van der Waals surface area contributed by atoms with Gasteiger partial charge in [0.1, 0.15) is 25.1 Å². The van der Waals surface area contributed by atoms with Crippen LogP contribution in [0.15, 0.2) is 11.6 Å². The fraction of sp³-hybridized carbons (Fsp3) is 0.864. The van der Waals surface area contributed by atoms with Crippen molar-refractivity contribution in [3.63, 3.8) is 0 Å². The van der Waals surface area contributed by atoms with E-state index in [0.717, 1.165) is 65.1 Å². The molecule has 158 valence electrons. The average molecular weight is 395 g/mol. The van der Waals surface area contributed by atoms with E-state index in [1.807, 2.05) is 0 Å². The van der Waals surface area contributed by atoms with E-state index in [1.165, 1.54) is 12.1 Å². The molecule has 4 N–H and O–H groups in total. The van der Waals surface area contributed by atoms with E-state index < -0.39 is 6.10 Å². The fourth-order valence-electron chi connectivity index (χ4n) is 6.03. The van der Waals surface area contributed by atoms with Crippen LogP contribution in [0.5, 0.6) is 0 Å². The summed E-state index contributed by atoms with van der Waals surface area (Å²) in [5, 5.41) is 13.6. The van der Waals surface area contributed by atoms with Crippen molar-refractivity contribution in [3.05, 3.63) is 11.6 Å². The zero-order valence-corrected chi connectivity index (χ0v) is 17.5. The first-order valence-electron chi connectivity index (χ1n) is 11.3. The lowest BCUT2D eigenvalue weighted by atomic mass is 9.55. The highest BCUT2D eigenvalue weighted by molar-refractivity contribution is 5.76. The lowest BCUT2D eigenvalue weighted by molar-refractivity contribution is -0.909. The lowest BCUT2D eigenvalue weighted by Crippen LogP contribution is -3.14. The van der Waals surface area contributed by atoms with E-state index >= 15 is 0 Å². The van der Waals surface area contributed by atoms with E-state index in [-0.39, 0.29) is 29.3 Å². The van der Waals surface area contributed by atoms with Gasteiger partial charge < -0.3 is 24.8 Å². The molecule has 4 rings (SSSR count). The average Bonchev–Trinajstić information content (AvgIpc) is 3.00. The molecule has 0 amide bonds. The Bertz CT molecular complexity index is 603. The van der Waals surface area contributed by atoms with E-state index in [1.54, 1.807) is 4.90 Å². The van der Waals surface area contributed by atoms with Crippen LogP contribution in [0.3, 0.4) is 0 Å². The number of morpholine rings is 1. The highest BCUT2D eigenvalue weighted by atomic mass is 16.6. The first-order chi connectivity index (χ1) is 13.5. The molecule has 0 aromatic heterocycles. The highest BCUT2D eigenvalue weighted by Crippen LogP contribution is 2.55. The number of quaternary nitrogens is 2. The summed E-state index contributed by atoms with van der Waals surface area (Å²) in [6.45, 7) is 11.4. The molecule has 4 aliphatic rings. The number of aliphatic hydroxyl groups is 1. The molecular weight excluding hydrogens is 356 g/mol. The Balaban J connectivity index is 1.33. The molecular formula is C22H38N2O4+2. The van der Waals surface area contributed by atoms with E-state index in [4.69, 9.17) is 9.47 Å². The number of carbonyl (C=O) groups is 1. The number of esters is 1. The van der Waals surface area contributed by atoms with Crippen LogP contribution in [0.1, 0.15) is 39.5 Å². The zero-order chi connectivity index (χ0) is 19.7. The van der Waals surface area contributed by atoms with E-state index in [9.17, 15) is 9.90 Å². The number of carbonyl (C=O) groups excluding carboxylic acids is 1. The van der Waals surface area contributed by atoms with Gasteiger partial charge in [-0.25, -0.2) is 0 Å². The van der Waals surface area contributed by atoms with Gasteiger partial charge in [0, 0.05) is 24.2 Å². The van der Waals surface area contributed by atoms with Crippen LogP contribution < -0.4 is 10.2 Å². The maximum atomic E-state index is 12.6. The number of aliphatic hydroxyl groups excluding tert-OH is 1. The van der Waals surface area contributed by atoms with E-state index in [0.29, 0.717) is 5.92 Å². The Labute approximate surface area is 168 Å². The molecule has 3 fully saturated rings. The zero-order valence-electron chi connectivity index (χ0n) is 17.5. The van der Waals surface area contributed by atoms with Crippen LogP contribution in [0, 0.1) is 23.2 Å². The number of allylic oxidation sites excluding steroid dienone is 1.